The van der Waals surface area contributed by atoms with Gasteiger partial charge in [0.05, 0.1) is 0 Å². The number of likely N-dealkylation sites (tertiary alicyclic amines) is 1. The van der Waals surface area contributed by atoms with E-state index < -0.39 is 0 Å². The Balaban J connectivity index is 1.85. The normalized spacial score (nSPS) is 23.9. The highest BCUT2D eigenvalue weighted by Crippen LogP contribution is 2.21. The number of unbranched alkanes of at least 4 members (excludes halogenated alkanes) is 1. The maximum atomic E-state index is 12.4. The van der Waals surface area contributed by atoms with Gasteiger partial charge in [0.2, 0.25) is 11.8 Å². The Labute approximate surface area is 122 Å². The summed E-state index contributed by atoms with van der Waals surface area (Å²) < 4.78 is 0. The van der Waals surface area contributed by atoms with Crippen LogP contribution in [0.15, 0.2) is 0 Å². The monoisotopic (exact) mass is 280 g/mol. The van der Waals surface area contributed by atoms with Crippen LogP contribution in [0.25, 0.3) is 0 Å². The molecule has 4 nitrogen and oxygen atoms in total. The molecule has 0 aromatic heterocycles. The fourth-order valence-electron chi connectivity index (χ4n) is 3.35. The third-order valence-electron chi connectivity index (χ3n) is 4.57. The van der Waals surface area contributed by atoms with Crippen LogP contribution >= 0.6 is 0 Å². The van der Waals surface area contributed by atoms with Gasteiger partial charge in [-0.3, -0.25) is 9.59 Å². The van der Waals surface area contributed by atoms with Gasteiger partial charge in [-0.25, -0.2) is 0 Å². The molecule has 0 bridgehead atoms. The lowest BCUT2D eigenvalue weighted by Gasteiger charge is -2.28. The van der Waals surface area contributed by atoms with Crippen LogP contribution in [0.2, 0.25) is 0 Å². The molecular weight excluding hydrogens is 252 g/mol. The molecule has 4 heteroatoms. The smallest absolute Gasteiger partial charge is 0.243 e. The highest BCUT2D eigenvalue weighted by molar-refractivity contribution is 5.88. The SMILES string of the molecule is CCCCC(=O)N1CCC[C@@H]1C(=O)NC1CCCCC1. The summed E-state index contributed by atoms with van der Waals surface area (Å²) in [5, 5.41) is 3.17. The van der Waals surface area contributed by atoms with Crippen molar-refractivity contribution in [1.29, 1.82) is 0 Å². The largest absolute Gasteiger partial charge is 0.352 e. The number of hydrogen-bond donors (Lipinski definition) is 1. The van der Waals surface area contributed by atoms with E-state index in [1.54, 1.807) is 0 Å². The number of hydrogen-bond acceptors (Lipinski definition) is 2. The summed E-state index contributed by atoms with van der Waals surface area (Å²) >= 11 is 0. The molecule has 0 unspecified atom stereocenters. The summed E-state index contributed by atoms with van der Waals surface area (Å²) in [6.07, 6.45) is 10.2. The molecule has 1 N–H and O–H groups in total. The Hall–Kier alpha value is -1.06. The first-order valence-corrected chi connectivity index (χ1v) is 8.32. The van der Waals surface area contributed by atoms with Crippen molar-refractivity contribution in [3.05, 3.63) is 0 Å². The first-order valence-electron chi connectivity index (χ1n) is 8.32. The Morgan fingerprint density at radius 2 is 1.85 bits per heavy atom. The highest BCUT2D eigenvalue weighted by atomic mass is 16.2. The van der Waals surface area contributed by atoms with Crippen molar-refractivity contribution in [3.63, 3.8) is 0 Å². The van der Waals surface area contributed by atoms with Gasteiger partial charge in [-0.15, -0.1) is 0 Å². The lowest BCUT2D eigenvalue weighted by molar-refractivity contribution is -0.138. The summed E-state index contributed by atoms with van der Waals surface area (Å²) in [5.41, 5.74) is 0. The molecule has 0 aromatic rings. The van der Waals surface area contributed by atoms with E-state index >= 15 is 0 Å². The van der Waals surface area contributed by atoms with E-state index in [9.17, 15) is 9.59 Å². The third-order valence-corrected chi connectivity index (χ3v) is 4.57. The van der Waals surface area contributed by atoms with Gasteiger partial charge in [-0.1, -0.05) is 32.6 Å². The predicted octanol–water partition coefficient (Wildman–Crippen LogP) is 2.62. The molecule has 2 rings (SSSR count). The Morgan fingerprint density at radius 3 is 2.55 bits per heavy atom. The topological polar surface area (TPSA) is 49.4 Å². The van der Waals surface area contributed by atoms with Crippen LogP contribution in [0.1, 0.15) is 71.1 Å². The van der Waals surface area contributed by atoms with Crippen LogP contribution in [-0.4, -0.2) is 35.3 Å². The van der Waals surface area contributed by atoms with Crippen LogP contribution in [0.3, 0.4) is 0 Å². The molecule has 0 aromatic carbocycles. The van der Waals surface area contributed by atoms with Gasteiger partial charge in [0.1, 0.15) is 6.04 Å². The van der Waals surface area contributed by atoms with Crippen molar-refractivity contribution in [1.82, 2.24) is 10.2 Å². The van der Waals surface area contributed by atoms with E-state index in [2.05, 4.69) is 12.2 Å². The van der Waals surface area contributed by atoms with Gasteiger partial charge in [0.25, 0.3) is 0 Å². The Bertz CT molecular complexity index is 337. The van der Waals surface area contributed by atoms with Gasteiger partial charge >= 0.3 is 0 Å². The molecule has 1 heterocycles. The first-order chi connectivity index (χ1) is 9.72. The van der Waals surface area contributed by atoms with Gasteiger partial charge < -0.3 is 10.2 Å². The van der Waals surface area contributed by atoms with Gasteiger partial charge in [-0.05, 0) is 32.1 Å². The number of rotatable bonds is 5. The minimum absolute atomic E-state index is 0.0826. The van der Waals surface area contributed by atoms with Crippen LogP contribution in [0, 0.1) is 0 Å². The second kappa shape index (κ2) is 7.65. The quantitative estimate of drug-likeness (QED) is 0.841. The van der Waals surface area contributed by atoms with Crippen molar-refractivity contribution in [2.75, 3.05) is 6.54 Å². The molecule has 2 aliphatic rings. The van der Waals surface area contributed by atoms with Gasteiger partial charge in [0.15, 0.2) is 0 Å². The maximum Gasteiger partial charge on any atom is 0.243 e. The van der Waals surface area contributed by atoms with E-state index in [0.717, 1.165) is 45.1 Å². The molecule has 114 valence electrons. The van der Waals surface area contributed by atoms with Crippen molar-refractivity contribution in [3.8, 4) is 0 Å². The van der Waals surface area contributed by atoms with Gasteiger partial charge in [-0.2, -0.15) is 0 Å². The minimum Gasteiger partial charge on any atom is -0.352 e. The van der Waals surface area contributed by atoms with E-state index in [0.29, 0.717) is 12.5 Å². The van der Waals surface area contributed by atoms with Crippen LogP contribution < -0.4 is 5.32 Å². The van der Waals surface area contributed by atoms with Crippen molar-refractivity contribution < 1.29 is 9.59 Å². The lowest BCUT2D eigenvalue weighted by Crippen LogP contribution is -2.49. The van der Waals surface area contributed by atoms with E-state index in [1.807, 2.05) is 4.90 Å². The molecule has 20 heavy (non-hydrogen) atoms. The average molecular weight is 280 g/mol. The number of amides is 2. The summed E-state index contributed by atoms with van der Waals surface area (Å²) in [4.78, 5) is 26.4. The molecule has 1 saturated heterocycles. The van der Waals surface area contributed by atoms with Crippen LogP contribution in [0.4, 0.5) is 0 Å². The zero-order chi connectivity index (χ0) is 14.4. The van der Waals surface area contributed by atoms with E-state index in [-0.39, 0.29) is 17.9 Å². The summed E-state index contributed by atoms with van der Waals surface area (Å²) in [5.74, 6) is 0.243. The molecule has 1 atom stereocenters. The average Bonchev–Trinajstić information content (AvgIpc) is 2.95. The molecule has 1 aliphatic heterocycles. The summed E-state index contributed by atoms with van der Waals surface area (Å²) in [6.45, 7) is 2.84. The van der Waals surface area contributed by atoms with Crippen LogP contribution in [0.5, 0.6) is 0 Å². The Kier molecular flexibility index (Phi) is 5.86. The number of nitrogens with zero attached hydrogens (tertiary/aromatic N) is 1. The fraction of sp³-hybridized carbons (Fsp3) is 0.875. The summed E-state index contributed by atoms with van der Waals surface area (Å²) in [7, 11) is 0. The molecule has 0 spiro atoms. The van der Waals surface area contributed by atoms with Crippen molar-refractivity contribution in [2.45, 2.75) is 83.2 Å². The molecule has 2 fully saturated rings. The molecule has 2 amide bonds. The highest BCUT2D eigenvalue weighted by Gasteiger charge is 2.34. The van der Waals surface area contributed by atoms with Crippen molar-refractivity contribution in [2.24, 2.45) is 0 Å². The molecule has 1 aliphatic carbocycles. The number of carbonyl (C=O) groups is 2. The molecular formula is C16H28N2O2. The standard InChI is InChI=1S/C16H28N2O2/c1-2-3-11-15(19)18-12-7-10-14(18)16(20)17-13-8-5-4-6-9-13/h13-14H,2-12H2,1H3,(H,17,20)/t14-/m1/s1. The third kappa shape index (κ3) is 3.97. The minimum atomic E-state index is -0.207. The van der Waals surface area contributed by atoms with Crippen molar-refractivity contribution >= 4 is 11.8 Å². The second-order valence-corrected chi connectivity index (χ2v) is 6.19. The van der Waals surface area contributed by atoms with Gasteiger partial charge in [0, 0.05) is 19.0 Å². The second-order valence-electron chi connectivity index (χ2n) is 6.19. The molecule has 0 radical (unpaired) electrons. The first kappa shape index (κ1) is 15.3. The predicted molar refractivity (Wildman–Crippen MR) is 79.3 cm³/mol. The zero-order valence-electron chi connectivity index (χ0n) is 12.7. The molecule has 1 saturated carbocycles. The van der Waals surface area contributed by atoms with Crippen LogP contribution in [-0.2, 0) is 9.59 Å². The summed E-state index contributed by atoms with van der Waals surface area (Å²) in [6, 6.07) is 0.130. The lowest BCUT2D eigenvalue weighted by atomic mass is 9.95. The Morgan fingerprint density at radius 1 is 1.10 bits per heavy atom. The maximum absolute atomic E-state index is 12.4. The zero-order valence-corrected chi connectivity index (χ0v) is 12.7. The van der Waals surface area contributed by atoms with E-state index in [1.165, 1.54) is 19.3 Å². The number of carbonyl (C=O) groups excluding carboxylic acids is 2. The van der Waals surface area contributed by atoms with E-state index in [4.69, 9.17) is 0 Å². The number of nitrogens with one attached hydrogen (secondary N) is 1. The fourth-order valence-corrected chi connectivity index (χ4v) is 3.35.